The molecule has 7 heteroatoms. The third-order valence-corrected chi connectivity index (χ3v) is 4.30. The van der Waals surface area contributed by atoms with Gasteiger partial charge in [-0.15, -0.1) is 0 Å². The Balaban J connectivity index is 2.03. The molecule has 0 saturated heterocycles. The lowest BCUT2D eigenvalue weighted by Crippen LogP contribution is -2.15. The second-order valence-corrected chi connectivity index (χ2v) is 6.35. The summed E-state index contributed by atoms with van der Waals surface area (Å²) in [4.78, 5) is 15.1. The van der Waals surface area contributed by atoms with E-state index in [-0.39, 0.29) is 18.3 Å². The summed E-state index contributed by atoms with van der Waals surface area (Å²) in [5.74, 6) is 0. The molecular formula is C20H18ClN3O3. The van der Waals surface area contributed by atoms with Crippen molar-refractivity contribution in [1.82, 2.24) is 4.98 Å². The Labute approximate surface area is 161 Å². The van der Waals surface area contributed by atoms with Crippen LogP contribution in [0.2, 0.25) is 5.02 Å². The van der Waals surface area contributed by atoms with Gasteiger partial charge in [-0.05, 0) is 35.9 Å². The van der Waals surface area contributed by atoms with E-state index in [0.717, 1.165) is 16.9 Å². The largest absolute Gasteiger partial charge is 0.380 e. The monoisotopic (exact) mass is 383 g/mol. The van der Waals surface area contributed by atoms with Crippen molar-refractivity contribution in [2.45, 2.75) is 12.6 Å². The number of rotatable bonds is 7. The number of aromatic nitrogens is 1. The summed E-state index contributed by atoms with van der Waals surface area (Å²) in [6, 6.07) is 17.6. The molecule has 0 fully saturated rings. The number of methoxy groups -OCH3 is 1. The van der Waals surface area contributed by atoms with E-state index in [0.29, 0.717) is 10.6 Å². The molecule has 0 aliphatic carbocycles. The molecule has 1 N–H and O–H groups in total. The number of benzene rings is 2. The molecule has 0 aliphatic heterocycles. The quantitative estimate of drug-likeness (QED) is 0.459. The summed E-state index contributed by atoms with van der Waals surface area (Å²) < 4.78 is 5.22. The third kappa shape index (κ3) is 4.61. The fourth-order valence-electron chi connectivity index (χ4n) is 2.83. The number of ether oxygens (including phenoxy) is 1. The number of anilines is 1. The minimum absolute atomic E-state index is 0.0183. The number of halogens is 1. The van der Waals surface area contributed by atoms with Crippen LogP contribution in [0.3, 0.4) is 0 Å². The third-order valence-electron chi connectivity index (χ3n) is 4.06. The van der Waals surface area contributed by atoms with Crippen molar-refractivity contribution in [3.05, 3.63) is 98.8 Å². The summed E-state index contributed by atoms with van der Waals surface area (Å²) >= 11 is 6.17. The zero-order chi connectivity index (χ0) is 19.2. The molecule has 0 amide bonds. The lowest BCUT2D eigenvalue weighted by Gasteiger charge is -2.22. The smallest absolute Gasteiger partial charge is 0.269 e. The average molecular weight is 384 g/mol. The van der Waals surface area contributed by atoms with E-state index in [1.165, 1.54) is 12.1 Å². The highest BCUT2D eigenvalue weighted by Gasteiger charge is 2.19. The molecule has 3 rings (SSSR count). The molecule has 0 bridgehead atoms. The standard InChI is InChI=1S/C20H18ClN3O3/c1-27-13-15-12-17(24(25)26)8-9-18(15)23-20(19-7-2-3-10-22-19)14-5-4-6-16(21)11-14/h2-12,20,23H,13H2,1H3. The first-order valence-corrected chi connectivity index (χ1v) is 8.65. The van der Waals surface area contributed by atoms with E-state index in [1.807, 2.05) is 42.5 Å². The van der Waals surface area contributed by atoms with E-state index < -0.39 is 4.92 Å². The van der Waals surface area contributed by atoms with E-state index in [9.17, 15) is 10.1 Å². The van der Waals surface area contributed by atoms with Gasteiger partial charge < -0.3 is 10.1 Å². The summed E-state index contributed by atoms with van der Waals surface area (Å²) in [6.45, 7) is 0.245. The van der Waals surface area contributed by atoms with Crippen molar-refractivity contribution >= 4 is 23.0 Å². The molecule has 1 atom stereocenters. The van der Waals surface area contributed by atoms with Gasteiger partial charge in [0, 0.05) is 41.7 Å². The highest BCUT2D eigenvalue weighted by atomic mass is 35.5. The van der Waals surface area contributed by atoms with Crippen molar-refractivity contribution in [1.29, 1.82) is 0 Å². The van der Waals surface area contributed by atoms with Crippen LogP contribution in [-0.4, -0.2) is 17.0 Å². The van der Waals surface area contributed by atoms with Gasteiger partial charge in [0.05, 0.1) is 23.3 Å². The zero-order valence-electron chi connectivity index (χ0n) is 14.6. The van der Waals surface area contributed by atoms with Crippen LogP contribution < -0.4 is 5.32 Å². The van der Waals surface area contributed by atoms with Gasteiger partial charge in [-0.1, -0.05) is 29.8 Å². The van der Waals surface area contributed by atoms with Gasteiger partial charge in [-0.25, -0.2) is 0 Å². The number of non-ortho nitro benzene ring substituents is 1. The highest BCUT2D eigenvalue weighted by Crippen LogP contribution is 2.30. The van der Waals surface area contributed by atoms with E-state index in [2.05, 4.69) is 10.3 Å². The summed E-state index contributed by atoms with van der Waals surface area (Å²) in [5.41, 5.74) is 3.18. The summed E-state index contributed by atoms with van der Waals surface area (Å²) in [6.07, 6.45) is 1.72. The Morgan fingerprint density at radius 2 is 2.04 bits per heavy atom. The summed E-state index contributed by atoms with van der Waals surface area (Å²) in [7, 11) is 1.55. The minimum Gasteiger partial charge on any atom is -0.380 e. The average Bonchev–Trinajstić information content (AvgIpc) is 2.67. The lowest BCUT2D eigenvalue weighted by molar-refractivity contribution is -0.384. The Morgan fingerprint density at radius 1 is 1.19 bits per heavy atom. The second-order valence-electron chi connectivity index (χ2n) is 5.92. The van der Waals surface area contributed by atoms with Crippen molar-refractivity contribution in [2.24, 2.45) is 0 Å². The number of nitrogens with one attached hydrogen (secondary N) is 1. The predicted octanol–water partition coefficient (Wildman–Crippen LogP) is 4.99. The predicted molar refractivity (Wildman–Crippen MR) is 105 cm³/mol. The maximum absolute atomic E-state index is 11.1. The Bertz CT molecular complexity index is 935. The van der Waals surface area contributed by atoms with Crippen LogP contribution in [0.5, 0.6) is 0 Å². The number of hydrogen-bond donors (Lipinski definition) is 1. The van der Waals surface area contributed by atoms with Gasteiger partial charge in [0.2, 0.25) is 0 Å². The van der Waals surface area contributed by atoms with Gasteiger partial charge in [0.15, 0.2) is 0 Å². The van der Waals surface area contributed by atoms with Crippen molar-refractivity contribution in [2.75, 3.05) is 12.4 Å². The Kier molecular flexibility index (Phi) is 6.01. The molecule has 27 heavy (non-hydrogen) atoms. The van der Waals surface area contributed by atoms with Gasteiger partial charge in [0.1, 0.15) is 0 Å². The number of nitrogens with zero attached hydrogens (tertiary/aromatic N) is 2. The number of pyridine rings is 1. The number of hydrogen-bond acceptors (Lipinski definition) is 5. The molecule has 3 aromatic rings. The van der Waals surface area contributed by atoms with Crippen molar-refractivity contribution < 1.29 is 9.66 Å². The molecule has 0 spiro atoms. The minimum atomic E-state index is -0.420. The normalized spacial score (nSPS) is 11.8. The fraction of sp³-hybridized carbons (Fsp3) is 0.150. The van der Waals surface area contributed by atoms with Gasteiger partial charge in [-0.2, -0.15) is 0 Å². The van der Waals surface area contributed by atoms with Crippen LogP contribution in [-0.2, 0) is 11.3 Å². The Morgan fingerprint density at radius 3 is 2.70 bits per heavy atom. The number of nitro benzene ring substituents is 1. The molecule has 1 unspecified atom stereocenters. The lowest BCUT2D eigenvalue weighted by atomic mass is 10.0. The van der Waals surface area contributed by atoms with Crippen LogP contribution in [0, 0.1) is 10.1 Å². The van der Waals surface area contributed by atoms with Gasteiger partial charge in [0.25, 0.3) is 5.69 Å². The maximum Gasteiger partial charge on any atom is 0.269 e. The maximum atomic E-state index is 11.1. The van der Waals surface area contributed by atoms with E-state index in [1.54, 1.807) is 19.4 Å². The molecule has 0 aliphatic rings. The second kappa shape index (κ2) is 8.62. The van der Waals surface area contributed by atoms with Crippen LogP contribution in [0.25, 0.3) is 0 Å². The molecule has 1 aromatic heterocycles. The zero-order valence-corrected chi connectivity index (χ0v) is 15.4. The van der Waals surface area contributed by atoms with Crippen LogP contribution in [0.1, 0.15) is 22.9 Å². The van der Waals surface area contributed by atoms with Crippen LogP contribution in [0.15, 0.2) is 66.9 Å². The molecule has 0 saturated carbocycles. The first-order chi connectivity index (χ1) is 13.1. The molecule has 138 valence electrons. The fourth-order valence-corrected chi connectivity index (χ4v) is 3.02. The highest BCUT2D eigenvalue weighted by molar-refractivity contribution is 6.30. The molecule has 2 aromatic carbocycles. The first kappa shape index (κ1) is 18.8. The van der Waals surface area contributed by atoms with Crippen LogP contribution in [0.4, 0.5) is 11.4 Å². The van der Waals surface area contributed by atoms with Gasteiger partial charge >= 0.3 is 0 Å². The van der Waals surface area contributed by atoms with Gasteiger partial charge in [-0.3, -0.25) is 15.1 Å². The molecule has 1 heterocycles. The molecule has 6 nitrogen and oxygen atoms in total. The van der Waals surface area contributed by atoms with Crippen LogP contribution >= 0.6 is 11.6 Å². The first-order valence-electron chi connectivity index (χ1n) is 8.27. The van der Waals surface area contributed by atoms with E-state index >= 15 is 0 Å². The molecular weight excluding hydrogens is 366 g/mol. The molecule has 0 radical (unpaired) electrons. The SMILES string of the molecule is COCc1cc([N+](=O)[O-])ccc1NC(c1cccc(Cl)c1)c1ccccn1. The topological polar surface area (TPSA) is 77.3 Å². The van der Waals surface area contributed by atoms with Crippen molar-refractivity contribution in [3.8, 4) is 0 Å². The van der Waals surface area contributed by atoms with Crippen molar-refractivity contribution in [3.63, 3.8) is 0 Å². The van der Waals surface area contributed by atoms with E-state index in [4.69, 9.17) is 16.3 Å². The summed E-state index contributed by atoms with van der Waals surface area (Å²) in [5, 5.41) is 15.1. The number of nitro groups is 1. The Hall–Kier alpha value is -2.96.